The van der Waals surface area contributed by atoms with Gasteiger partial charge < -0.3 is 14.5 Å². The Balaban J connectivity index is 1.53. The third-order valence-corrected chi connectivity index (χ3v) is 4.68. The number of hydrogen-bond donors (Lipinski definition) is 1. The number of nitrogens with one attached hydrogen (secondary N) is 1. The summed E-state index contributed by atoms with van der Waals surface area (Å²) in [6.07, 6.45) is -3.68. The van der Waals surface area contributed by atoms with Crippen LogP contribution in [0.4, 0.5) is 18.9 Å². The average Bonchev–Trinajstić information content (AvgIpc) is 3.20. The highest BCUT2D eigenvalue weighted by Gasteiger charge is 2.39. The number of alkyl halides is 3. The number of ether oxygens (including phenoxy) is 1. The number of nitrogens with zero attached hydrogens (tertiary/aromatic N) is 3. The van der Waals surface area contributed by atoms with Gasteiger partial charge in [-0.15, -0.1) is 10.2 Å². The first kappa shape index (κ1) is 21.8. The normalized spacial score (nSPS) is 15.7. The SMILES string of the molecule is CCOC(=O)c1ccccc1NC(=O)CN1CCC(c2nnc(C(F)(F)F)o2)CC1. The molecule has 0 unspecified atom stereocenters. The minimum absolute atomic E-state index is 0.0326. The molecule has 2 aromatic rings. The minimum Gasteiger partial charge on any atom is -0.462 e. The Labute approximate surface area is 170 Å². The van der Waals surface area contributed by atoms with E-state index in [-0.39, 0.29) is 36.4 Å². The molecule has 0 spiro atoms. The molecule has 2 heterocycles. The molecule has 0 atom stereocenters. The Morgan fingerprint density at radius 3 is 2.57 bits per heavy atom. The third-order valence-electron chi connectivity index (χ3n) is 4.68. The number of esters is 1. The second kappa shape index (κ2) is 9.24. The number of benzene rings is 1. The van der Waals surface area contributed by atoms with Crippen LogP contribution in [0.15, 0.2) is 28.7 Å². The molecular weight excluding hydrogens is 405 g/mol. The second-order valence-corrected chi connectivity index (χ2v) is 6.81. The molecule has 0 radical (unpaired) electrons. The summed E-state index contributed by atoms with van der Waals surface area (Å²) in [5.74, 6) is -2.49. The molecule has 1 aliphatic heterocycles. The molecule has 162 valence electrons. The van der Waals surface area contributed by atoms with E-state index in [0.29, 0.717) is 31.6 Å². The molecule has 1 N–H and O–H groups in total. The van der Waals surface area contributed by atoms with E-state index in [1.54, 1.807) is 31.2 Å². The molecule has 0 saturated carbocycles. The first-order chi connectivity index (χ1) is 14.3. The number of carbonyl (C=O) groups is 2. The second-order valence-electron chi connectivity index (χ2n) is 6.81. The average molecular weight is 426 g/mol. The van der Waals surface area contributed by atoms with Gasteiger partial charge in [-0.3, -0.25) is 9.69 Å². The Kier molecular flexibility index (Phi) is 6.70. The molecule has 0 aliphatic carbocycles. The van der Waals surface area contributed by atoms with E-state index < -0.39 is 18.0 Å². The number of halogens is 3. The summed E-state index contributed by atoms with van der Waals surface area (Å²) >= 11 is 0. The zero-order chi connectivity index (χ0) is 21.7. The number of aromatic nitrogens is 2. The number of anilines is 1. The van der Waals surface area contributed by atoms with Gasteiger partial charge in [0.1, 0.15) is 0 Å². The number of likely N-dealkylation sites (tertiary alicyclic amines) is 1. The van der Waals surface area contributed by atoms with Crippen LogP contribution in [0, 0.1) is 0 Å². The van der Waals surface area contributed by atoms with Crippen LogP contribution < -0.4 is 5.32 Å². The molecule has 1 fully saturated rings. The van der Waals surface area contributed by atoms with Gasteiger partial charge in [0.25, 0.3) is 0 Å². The lowest BCUT2D eigenvalue weighted by atomic mass is 9.97. The molecule has 1 aromatic carbocycles. The molecule has 1 saturated heterocycles. The van der Waals surface area contributed by atoms with Gasteiger partial charge in [0.15, 0.2) is 0 Å². The van der Waals surface area contributed by atoms with Crippen molar-refractivity contribution in [1.82, 2.24) is 15.1 Å². The Hall–Kier alpha value is -2.95. The van der Waals surface area contributed by atoms with E-state index >= 15 is 0 Å². The van der Waals surface area contributed by atoms with Crippen molar-refractivity contribution in [3.63, 3.8) is 0 Å². The van der Waals surface area contributed by atoms with Crippen molar-refractivity contribution in [2.75, 3.05) is 31.6 Å². The fourth-order valence-electron chi connectivity index (χ4n) is 3.22. The van der Waals surface area contributed by atoms with Gasteiger partial charge in [0, 0.05) is 5.92 Å². The summed E-state index contributed by atoms with van der Waals surface area (Å²) in [5.41, 5.74) is 0.629. The molecule has 3 rings (SSSR count). The maximum absolute atomic E-state index is 12.6. The number of hydrogen-bond acceptors (Lipinski definition) is 7. The summed E-state index contributed by atoms with van der Waals surface area (Å²) in [4.78, 5) is 26.3. The van der Waals surface area contributed by atoms with Crippen LogP contribution >= 0.6 is 0 Å². The number of carbonyl (C=O) groups excluding carboxylic acids is 2. The fourth-order valence-corrected chi connectivity index (χ4v) is 3.22. The summed E-state index contributed by atoms with van der Waals surface area (Å²) in [5, 5.41) is 9.28. The van der Waals surface area contributed by atoms with Crippen molar-refractivity contribution in [3.05, 3.63) is 41.6 Å². The highest BCUT2D eigenvalue weighted by molar-refractivity contribution is 6.01. The van der Waals surface area contributed by atoms with Crippen molar-refractivity contribution < 1.29 is 31.9 Å². The van der Waals surface area contributed by atoms with Crippen molar-refractivity contribution in [2.24, 2.45) is 0 Å². The Bertz CT molecular complexity index is 892. The predicted molar refractivity (Wildman–Crippen MR) is 98.7 cm³/mol. The highest BCUT2D eigenvalue weighted by Crippen LogP contribution is 2.32. The van der Waals surface area contributed by atoms with Crippen LogP contribution in [0.1, 0.15) is 47.8 Å². The van der Waals surface area contributed by atoms with E-state index in [1.807, 2.05) is 4.90 Å². The van der Waals surface area contributed by atoms with Crippen molar-refractivity contribution in [1.29, 1.82) is 0 Å². The van der Waals surface area contributed by atoms with Crippen LogP contribution in [0.5, 0.6) is 0 Å². The van der Waals surface area contributed by atoms with Gasteiger partial charge in [-0.05, 0) is 45.0 Å². The minimum atomic E-state index is -4.66. The van der Waals surface area contributed by atoms with Gasteiger partial charge in [-0.1, -0.05) is 12.1 Å². The van der Waals surface area contributed by atoms with Gasteiger partial charge >= 0.3 is 18.0 Å². The quantitative estimate of drug-likeness (QED) is 0.709. The van der Waals surface area contributed by atoms with Crippen molar-refractivity contribution in [3.8, 4) is 0 Å². The molecule has 8 nitrogen and oxygen atoms in total. The van der Waals surface area contributed by atoms with Gasteiger partial charge in [0.05, 0.1) is 24.4 Å². The van der Waals surface area contributed by atoms with E-state index in [0.717, 1.165) is 0 Å². The molecule has 11 heteroatoms. The fraction of sp³-hybridized carbons (Fsp3) is 0.474. The van der Waals surface area contributed by atoms with E-state index in [4.69, 9.17) is 9.15 Å². The Morgan fingerprint density at radius 1 is 1.23 bits per heavy atom. The molecule has 1 aliphatic rings. The van der Waals surface area contributed by atoms with Crippen LogP contribution in [0.2, 0.25) is 0 Å². The summed E-state index contributed by atoms with van der Waals surface area (Å²) in [6.45, 7) is 2.98. The highest BCUT2D eigenvalue weighted by atomic mass is 19.4. The third kappa shape index (κ3) is 5.35. The maximum atomic E-state index is 12.6. The molecule has 1 aromatic heterocycles. The standard InChI is InChI=1S/C19H21F3N4O4/c1-2-29-17(28)13-5-3-4-6-14(13)23-15(27)11-26-9-7-12(8-10-26)16-24-25-18(30-16)19(20,21)22/h3-6,12H,2,7-11H2,1H3,(H,23,27). The number of para-hydroxylation sites is 1. The largest absolute Gasteiger partial charge is 0.470 e. The lowest BCUT2D eigenvalue weighted by molar-refractivity contribution is -0.157. The van der Waals surface area contributed by atoms with Crippen LogP contribution in [0.3, 0.4) is 0 Å². The van der Waals surface area contributed by atoms with Gasteiger partial charge in [0.2, 0.25) is 11.8 Å². The van der Waals surface area contributed by atoms with E-state index in [1.165, 1.54) is 0 Å². The van der Waals surface area contributed by atoms with Gasteiger partial charge in [-0.2, -0.15) is 13.2 Å². The first-order valence-corrected chi connectivity index (χ1v) is 9.47. The lowest BCUT2D eigenvalue weighted by Crippen LogP contribution is -2.39. The predicted octanol–water partition coefficient (Wildman–Crippen LogP) is 3.08. The zero-order valence-electron chi connectivity index (χ0n) is 16.2. The molecule has 30 heavy (non-hydrogen) atoms. The summed E-state index contributed by atoms with van der Waals surface area (Å²) < 4.78 is 47.5. The monoisotopic (exact) mass is 426 g/mol. The Morgan fingerprint density at radius 2 is 1.93 bits per heavy atom. The molecular formula is C19H21F3N4O4. The number of amides is 1. The molecule has 0 bridgehead atoms. The van der Waals surface area contributed by atoms with Crippen molar-refractivity contribution >= 4 is 17.6 Å². The van der Waals surface area contributed by atoms with E-state index in [2.05, 4.69) is 15.5 Å². The van der Waals surface area contributed by atoms with Crippen LogP contribution in [0.25, 0.3) is 0 Å². The maximum Gasteiger partial charge on any atom is 0.470 e. The van der Waals surface area contributed by atoms with E-state index in [9.17, 15) is 22.8 Å². The van der Waals surface area contributed by atoms with Gasteiger partial charge in [-0.25, -0.2) is 4.79 Å². The molecule has 1 amide bonds. The number of piperidine rings is 1. The van der Waals surface area contributed by atoms with Crippen LogP contribution in [-0.2, 0) is 15.7 Å². The zero-order valence-corrected chi connectivity index (χ0v) is 16.2. The summed E-state index contributed by atoms with van der Waals surface area (Å²) in [6, 6.07) is 6.56. The topological polar surface area (TPSA) is 97.6 Å². The van der Waals surface area contributed by atoms with Crippen LogP contribution in [-0.4, -0.2) is 53.2 Å². The van der Waals surface area contributed by atoms with Crippen molar-refractivity contribution in [2.45, 2.75) is 31.9 Å². The number of rotatable bonds is 6. The smallest absolute Gasteiger partial charge is 0.462 e. The summed E-state index contributed by atoms with van der Waals surface area (Å²) in [7, 11) is 0. The lowest BCUT2D eigenvalue weighted by Gasteiger charge is -2.29. The first-order valence-electron chi connectivity index (χ1n) is 9.47.